The molecule has 2 aromatic rings. The van der Waals surface area contributed by atoms with Crippen LogP contribution in [0.2, 0.25) is 0 Å². The largest absolute Gasteiger partial charge is 0.484 e. The van der Waals surface area contributed by atoms with Gasteiger partial charge in [-0.15, -0.1) is 0 Å². The van der Waals surface area contributed by atoms with Crippen LogP contribution in [-0.4, -0.2) is 46.1 Å². The fourth-order valence-corrected chi connectivity index (χ4v) is 2.84. The molecule has 29 heavy (non-hydrogen) atoms. The van der Waals surface area contributed by atoms with Crippen LogP contribution in [0.15, 0.2) is 42.7 Å². The molecule has 0 spiro atoms. The number of aromatic nitrogens is 2. The van der Waals surface area contributed by atoms with E-state index < -0.39 is 0 Å². The minimum absolute atomic E-state index is 0.0570. The van der Waals surface area contributed by atoms with Gasteiger partial charge >= 0.3 is 0 Å². The zero-order valence-corrected chi connectivity index (χ0v) is 17.4. The zero-order chi connectivity index (χ0) is 21.1. The van der Waals surface area contributed by atoms with E-state index in [0.717, 1.165) is 6.42 Å². The van der Waals surface area contributed by atoms with E-state index in [9.17, 15) is 9.59 Å². The van der Waals surface area contributed by atoms with Crippen LogP contribution in [0.4, 0.5) is 5.69 Å². The van der Waals surface area contributed by atoms with Crippen molar-refractivity contribution in [2.24, 2.45) is 0 Å². The molecular formula is C22H30N4O3. The highest BCUT2D eigenvalue weighted by molar-refractivity contribution is 5.94. The van der Waals surface area contributed by atoms with Crippen LogP contribution >= 0.6 is 0 Å². The van der Waals surface area contributed by atoms with Gasteiger partial charge < -0.3 is 15.0 Å². The number of benzene rings is 1. The molecule has 0 radical (unpaired) electrons. The Morgan fingerprint density at radius 3 is 2.48 bits per heavy atom. The Hall–Kier alpha value is -2.96. The second kappa shape index (κ2) is 11.8. The second-order valence-electron chi connectivity index (χ2n) is 7.18. The monoisotopic (exact) mass is 398 g/mol. The van der Waals surface area contributed by atoms with Gasteiger partial charge in [-0.25, -0.2) is 0 Å². The number of carbonyl (C=O) groups excluding carboxylic acids is 2. The van der Waals surface area contributed by atoms with Gasteiger partial charge in [-0.1, -0.05) is 31.9 Å². The summed E-state index contributed by atoms with van der Waals surface area (Å²) in [6.07, 6.45) is 7.60. The molecule has 2 amide bonds. The summed E-state index contributed by atoms with van der Waals surface area (Å²) in [5.74, 6) is 0.111. The Morgan fingerprint density at radius 2 is 1.86 bits per heavy atom. The van der Waals surface area contributed by atoms with E-state index in [1.54, 1.807) is 6.07 Å². The lowest BCUT2D eigenvalue weighted by Gasteiger charge is -2.26. The van der Waals surface area contributed by atoms with Gasteiger partial charge in [0.25, 0.3) is 5.91 Å². The number of unbranched alkanes of at least 4 members (excludes halogenated alkanes) is 2. The first-order chi connectivity index (χ1) is 14.0. The first-order valence-electron chi connectivity index (χ1n) is 10.1. The first-order valence-corrected chi connectivity index (χ1v) is 10.1. The number of amides is 2. The predicted molar refractivity (Wildman–Crippen MR) is 113 cm³/mol. The number of hydrogen-bond donors (Lipinski definition) is 1. The molecule has 2 rings (SSSR count). The summed E-state index contributed by atoms with van der Waals surface area (Å²) < 4.78 is 5.64. The molecule has 7 nitrogen and oxygen atoms in total. The Kier molecular flexibility index (Phi) is 9.08. The van der Waals surface area contributed by atoms with Gasteiger partial charge in [-0.05, 0) is 50.5 Å². The Balaban J connectivity index is 1.85. The van der Waals surface area contributed by atoms with Crippen molar-refractivity contribution in [3.63, 3.8) is 0 Å². The van der Waals surface area contributed by atoms with Crippen molar-refractivity contribution < 1.29 is 14.3 Å². The third kappa shape index (κ3) is 7.89. The van der Waals surface area contributed by atoms with Gasteiger partial charge in [0, 0.05) is 6.04 Å². The summed E-state index contributed by atoms with van der Waals surface area (Å²) in [7, 11) is 0. The van der Waals surface area contributed by atoms with Gasteiger partial charge in [-0.3, -0.25) is 9.59 Å². The normalized spacial score (nSPS) is 10.6. The number of nitrogens with one attached hydrogen (secondary N) is 1. The number of anilines is 1. The van der Waals surface area contributed by atoms with Crippen LogP contribution < -0.4 is 10.1 Å². The molecule has 1 aromatic heterocycles. The molecule has 1 aromatic carbocycles. The average molecular weight is 399 g/mol. The molecule has 7 heteroatoms. The molecule has 0 fully saturated rings. The first kappa shape index (κ1) is 22.3. The number of rotatable bonds is 11. The van der Waals surface area contributed by atoms with E-state index in [1.165, 1.54) is 42.1 Å². The van der Waals surface area contributed by atoms with E-state index in [0.29, 0.717) is 11.4 Å². The van der Waals surface area contributed by atoms with E-state index >= 15 is 0 Å². The van der Waals surface area contributed by atoms with E-state index in [2.05, 4.69) is 22.4 Å². The smallest absolute Gasteiger partial charge is 0.261 e. The van der Waals surface area contributed by atoms with E-state index in [1.807, 2.05) is 38.1 Å². The van der Waals surface area contributed by atoms with Crippen molar-refractivity contribution in [3.05, 3.63) is 48.3 Å². The summed E-state index contributed by atoms with van der Waals surface area (Å²) in [6, 6.07) is 9.35. The Morgan fingerprint density at radius 1 is 1.10 bits per heavy atom. The average Bonchev–Trinajstić information content (AvgIpc) is 2.72. The fourth-order valence-electron chi connectivity index (χ4n) is 2.84. The van der Waals surface area contributed by atoms with Crippen LogP contribution in [0.1, 0.15) is 45.6 Å². The molecule has 1 N–H and O–H groups in total. The highest BCUT2D eigenvalue weighted by Crippen LogP contribution is 2.15. The van der Waals surface area contributed by atoms with Crippen LogP contribution in [0.3, 0.4) is 0 Å². The maximum absolute atomic E-state index is 12.6. The molecule has 1 heterocycles. The van der Waals surface area contributed by atoms with Crippen LogP contribution in [0.25, 0.3) is 0 Å². The zero-order valence-electron chi connectivity index (χ0n) is 17.4. The molecule has 0 saturated heterocycles. The van der Waals surface area contributed by atoms with Gasteiger partial charge in [0.05, 0.1) is 18.1 Å². The minimum Gasteiger partial charge on any atom is -0.484 e. The third-order valence-electron chi connectivity index (χ3n) is 4.48. The van der Waals surface area contributed by atoms with Crippen LogP contribution in [0, 0.1) is 0 Å². The SMILES string of the molecule is CCCCCc1ccc(OCC(=O)N(CC(=O)Nc2ccnnc2)C(C)C)cc1. The van der Waals surface area contributed by atoms with Gasteiger partial charge in [0.2, 0.25) is 5.91 Å². The lowest BCUT2D eigenvalue weighted by Crippen LogP contribution is -2.44. The molecular weight excluding hydrogens is 368 g/mol. The molecule has 0 saturated carbocycles. The van der Waals surface area contributed by atoms with E-state index in [4.69, 9.17) is 4.74 Å². The second-order valence-corrected chi connectivity index (χ2v) is 7.18. The molecule has 0 aliphatic heterocycles. The highest BCUT2D eigenvalue weighted by atomic mass is 16.5. The van der Waals surface area contributed by atoms with Crippen molar-refractivity contribution >= 4 is 17.5 Å². The number of carbonyl (C=O) groups is 2. The van der Waals surface area contributed by atoms with Crippen molar-refractivity contribution in [1.82, 2.24) is 15.1 Å². The molecule has 0 unspecified atom stereocenters. The van der Waals surface area contributed by atoms with Crippen molar-refractivity contribution in [2.75, 3.05) is 18.5 Å². The van der Waals surface area contributed by atoms with Gasteiger partial charge in [-0.2, -0.15) is 10.2 Å². The topological polar surface area (TPSA) is 84.4 Å². The summed E-state index contributed by atoms with van der Waals surface area (Å²) in [6.45, 7) is 5.75. The molecule has 156 valence electrons. The van der Waals surface area contributed by atoms with Gasteiger partial charge in [0.1, 0.15) is 12.3 Å². The minimum atomic E-state index is -0.295. The summed E-state index contributed by atoms with van der Waals surface area (Å²) in [5, 5.41) is 10.1. The summed E-state index contributed by atoms with van der Waals surface area (Å²) in [5.41, 5.74) is 1.81. The van der Waals surface area contributed by atoms with Gasteiger partial charge in [0.15, 0.2) is 6.61 Å². The van der Waals surface area contributed by atoms with E-state index in [-0.39, 0.29) is 31.0 Å². The predicted octanol–water partition coefficient (Wildman–Crippen LogP) is 3.46. The maximum atomic E-state index is 12.6. The number of ether oxygens (including phenoxy) is 1. The standard InChI is InChI=1S/C22H30N4O3/c1-4-5-6-7-18-8-10-20(11-9-18)29-16-22(28)26(17(2)3)15-21(27)25-19-12-13-23-24-14-19/h8-14,17H,4-7,15-16H2,1-3H3,(H,23,25,27). The molecule has 0 aliphatic carbocycles. The third-order valence-corrected chi connectivity index (χ3v) is 4.48. The molecule has 0 atom stereocenters. The summed E-state index contributed by atoms with van der Waals surface area (Å²) in [4.78, 5) is 26.3. The Labute approximate surface area is 172 Å². The number of nitrogens with zero attached hydrogens (tertiary/aromatic N) is 3. The summed E-state index contributed by atoms with van der Waals surface area (Å²) >= 11 is 0. The van der Waals surface area contributed by atoms with Crippen LogP contribution in [-0.2, 0) is 16.0 Å². The Bertz CT molecular complexity index is 763. The highest BCUT2D eigenvalue weighted by Gasteiger charge is 2.20. The lowest BCUT2D eigenvalue weighted by atomic mass is 10.1. The number of aryl methyl sites for hydroxylation is 1. The number of hydrogen-bond acceptors (Lipinski definition) is 5. The van der Waals surface area contributed by atoms with Crippen molar-refractivity contribution in [3.8, 4) is 5.75 Å². The van der Waals surface area contributed by atoms with Crippen LogP contribution in [0.5, 0.6) is 5.75 Å². The fraction of sp³-hybridized carbons (Fsp3) is 0.455. The molecule has 0 aliphatic rings. The quantitative estimate of drug-likeness (QED) is 0.586. The van der Waals surface area contributed by atoms with Crippen molar-refractivity contribution in [1.29, 1.82) is 0 Å². The maximum Gasteiger partial charge on any atom is 0.261 e. The molecule has 0 bridgehead atoms. The lowest BCUT2D eigenvalue weighted by molar-refractivity contribution is -0.138. The van der Waals surface area contributed by atoms with Crippen molar-refractivity contribution in [2.45, 2.75) is 52.5 Å².